The van der Waals surface area contributed by atoms with Gasteiger partial charge in [-0.2, -0.15) is 0 Å². The van der Waals surface area contributed by atoms with E-state index in [0.717, 1.165) is 43.2 Å². The standard InChI is InChI=1S/C16H18O4/c17-14-4-1-3-11-9-12(5-6-13(11)14)20-16(7-2-8-16)10-15(18)19/h5-6,9H,1-4,7-8,10H2,(H,18,19). The number of carbonyl (C=O) groups excluding carboxylic acids is 1. The summed E-state index contributed by atoms with van der Waals surface area (Å²) in [5, 5.41) is 8.99. The van der Waals surface area contributed by atoms with Crippen LogP contribution in [0.1, 0.15) is 54.4 Å². The fraction of sp³-hybridized carbons (Fsp3) is 0.500. The number of hydrogen-bond acceptors (Lipinski definition) is 3. The Morgan fingerprint density at radius 1 is 1.25 bits per heavy atom. The van der Waals surface area contributed by atoms with E-state index < -0.39 is 11.6 Å². The molecule has 1 N–H and O–H groups in total. The number of Topliss-reactive ketones (excluding diaryl/α,β-unsaturated/α-hetero) is 1. The molecular weight excluding hydrogens is 256 g/mol. The van der Waals surface area contributed by atoms with E-state index in [2.05, 4.69) is 0 Å². The van der Waals surface area contributed by atoms with Crippen LogP contribution in [0.3, 0.4) is 0 Å². The Balaban J connectivity index is 1.81. The molecule has 0 saturated heterocycles. The summed E-state index contributed by atoms with van der Waals surface area (Å²) in [5.74, 6) is 0.0685. The molecule has 0 radical (unpaired) electrons. The summed E-state index contributed by atoms with van der Waals surface area (Å²) in [5.41, 5.74) is 1.28. The number of carbonyl (C=O) groups is 2. The summed E-state index contributed by atoms with van der Waals surface area (Å²) in [7, 11) is 0. The van der Waals surface area contributed by atoms with Crippen molar-refractivity contribution in [3.8, 4) is 5.75 Å². The average Bonchev–Trinajstić information content (AvgIpc) is 2.36. The van der Waals surface area contributed by atoms with Crippen LogP contribution in [0, 0.1) is 0 Å². The zero-order valence-corrected chi connectivity index (χ0v) is 11.4. The fourth-order valence-electron chi connectivity index (χ4n) is 3.10. The van der Waals surface area contributed by atoms with Crippen molar-refractivity contribution in [2.45, 2.75) is 50.5 Å². The number of carboxylic acids is 1. The van der Waals surface area contributed by atoms with Crippen molar-refractivity contribution >= 4 is 11.8 Å². The van der Waals surface area contributed by atoms with E-state index in [-0.39, 0.29) is 12.2 Å². The van der Waals surface area contributed by atoms with Crippen LogP contribution in [-0.4, -0.2) is 22.5 Å². The summed E-state index contributed by atoms with van der Waals surface area (Å²) in [6.45, 7) is 0. The molecular formula is C16H18O4. The number of ketones is 1. The highest BCUT2D eigenvalue weighted by Crippen LogP contribution is 2.40. The third-order valence-electron chi connectivity index (χ3n) is 4.30. The maximum atomic E-state index is 11.8. The molecule has 3 rings (SSSR count). The summed E-state index contributed by atoms with van der Waals surface area (Å²) in [6, 6.07) is 5.53. The Bertz CT molecular complexity index is 558. The molecule has 20 heavy (non-hydrogen) atoms. The second-order valence-corrected chi connectivity index (χ2v) is 5.80. The highest BCUT2D eigenvalue weighted by atomic mass is 16.5. The summed E-state index contributed by atoms with van der Waals surface area (Å²) in [4.78, 5) is 22.7. The Hall–Kier alpha value is -1.84. The predicted molar refractivity (Wildman–Crippen MR) is 73.2 cm³/mol. The number of aryl methyl sites for hydroxylation is 1. The molecule has 0 aromatic heterocycles. The van der Waals surface area contributed by atoms with Crippen LogP contribution in [0.25, 0.3) is 0 Å². The second kappa shape index (κ2) is 4.93. The predicted octanol–water partition coefficient (Wildman–Crippen LogP) is 2.98. The van der Waals surface area contributed by atoms with Gasteiger partial charge in [0.2, 0.25) is 0 Å². The first kappa shape index (κ1) is 13.2. The van der Waals surface area contributed by atoms with Crippen molar-refractivity contribution in [2.24, 2.45) is 0 Å². The van der Waals surface area contributed by atoms with Crippen LogP contribution in [0.2, 0.25) is 0 Å². The number of aliphatic carboxylic acids is 1. The SMILES string of the molecule is O=C(O)CC1(Oc2ccc3c(c2)CCCC3=O)CCC1. The topological polar surface area (TPSA) is 63.6 Å². The van der Waals surface area contributed by atoms with Crippen LogP contribution < -0.4 is 4.74 Å². The van der Waals surface area contributed by atoms with Crippen LogP contribution in [-0.2, 0) is 11.2 Å². The number of hydrogen-bond donors (Lipinski definition) is 1. The van der Waals surface area contributed by atoms with Crippen molar-refractivity contribution in [2.75, 3.05) is 0 Å². The third-order valence-corrected chi connectivity index (χ3v) is 4.30. The van der Waals surface area contributed by atoms with Gasteiger partial charge in [-0.05, 0) is 55.9 Å². The molecule has 4 heteroatoms. The average molecular weight is 274 g/mol. The van der Waals surface area contributed by atoms with Crippen LogP contribution in [0.15, 0.2) is 18.2 Å². The number of rotatable bonds is 4. The fourth-order valence-corrected chi connectivity index (χ4v) is 3.10. The summed E-state index contributed by atoms with van der Waals surface area (Å²) >= 11 is 0. The van der Waals surface area contributed by atoms with Crippen molar-refractivity contribution in [3.63, 3.8) is 0 Å². The minimum atomic E-state index is -0.821. The van der Waals surface area contributed by atoms with E-state index in [1.54, 1.807) is 6.07 Å². The lowest BCUT2D eigenvalue weighted by atomic mass is 9.77. The maximum Gasteiger partial charge on any atom is 0.307 e. The van der Waals surface area contributed by atoms with Gasteiger partial charge in [0.25, 0.3) is 0 Å². The molecule has 0 heterocycles. The lowest BCUT2D eigenvalue weighted by Crippen LogP contribution is -2.45. The van der Waals surface area contributed by atoms with Gasteiger partial charge in [-0.3, -0.25) is 9.59 Å². The molecule has 0 amide bonds. The zero-order valence-electron chi connectivity index (χ0n) is 11.4. The summed E-state index contributed by atoms with van der Waals surface area (Å²) < 4.78 is 5.96. The Morgan fingerprint density at radius 3 is 2.70 bits per heavy atom. The van der Waals surface area contributed by atoms with Gasteiger partial charge in [0.05, 0.1) is 6.42 Å². The first-order valence-electron chi connectivity index (χ1n) is 7.15. The molecule has 4 nitrogen and oxygen atoms in total. The van der Waals surface area contributed by atoms with Gasteiger partial charge in [0.1, 0.15) is 11.4 Å². The minimum Gasteiger partial charge on any atom is -0.487 e. The molecule has 2 aliphatic rings. The molecule has 106 valence electrons. The van der Waals surface area contributed by atoms with E-state index in [0.29, 0.717) is 12.2 Å². The Morgan fingerprint density at radius 2 is 2.05 bits per heavy atom. The molecule has 1 saturated carbocycles. The van der Waals surface area contributed by atoms with Crippen molar-refractivity contribution in [1.29, 1.82) is 0 Å². The van der Waals surface area contributed by atoms with Gasteiger partial charge in [-0.25, -0.2) is 0 Å². The van der Waals surface area contributed by atoms with E-state index in [1.165, 1.54) is 0 Å². The molecule has 1 aromatic rings. The number of carboxylic acid groups (broad SMARTS) is 1. The van der Waals surface area contributed by atoms with Crippen molar-refractivity contribution < 1.29 is 19.4 Å². The molecule has 1 fully saturated rings. The molecule has 2 aliphatic carbocycles. The third kappa shape index (κ3) is 2.42. The van der Waals surface area contributed by atoms with Crippen molar-refractivity contribution in [1.82, 2.24) is 0 Å². The van der Waals surface area contributed by atoms with Crippen LogP contribution >= 0.6 is 0 Å². The molecule has 0 unspecified atom stereocenters. The first-order valence-corrected chi connectivity index (χ1v) is 7.15. The maximum absolute atomic E-state index is 11.8. The molecule has 1 aromatic carbocycles. The van der Waals surface area contributed by atoms with Gasteiger partial charge >= 0.3 is 5.97 Å². The highest BCUT2D eigenvalue weighted by molar-refractivity contribution is 5.98. The quantitative estimate of drug-likeness (QED) is 0.916. The van der Waals surface area contributed by atoms with E-state index in [9.17, 15) is 9.59 Å². The Labute approximate surface area is 117 Å². The van der Waals surface area contributed by atoms with Gasteiger partial charge < -0.3 is 9.84 Å². The van der Waals surface area contributed by atoms with E-state index in [4.69, 9.17) is 9.84 Å². The zero-order chi connectivity index (χ0) is 14.2. The molecule has 0 spiro atoms. The van der Waals surface area contributed by atoms with Crippen molar-refractivity contribution in [3.05, 3.63) is 29.3 Å². The molecule has 0 bridgehead atoms. The largest absolute Gasteiger partial charge is 0.487 e. The second-order valence-electron chi connectivity index (χ2n) is 5.80. The molecule has 0 atom stereocenters. The van der Waals surface area contributed by atoms with Gasteiger partial charge in [-0.15, -0.1) is 0 Å². The Kier molecular flexibility index (Phi) is 3.24. The number of benzene rings is 1. The van der Waals surface area contributed by atoms with Crippen LogP contribution in [0.5, 0.6) is 5.75 Å². The summed E-state index contributed by atoms with van der Waals surface area (Å²) in [6.07, 6.45) is 5.03. The number of ether oxygens (including phenoxy) is 1. The van der Waals surface area contributed by atoms with Gasteiger partial charge in [0, 0.05) is 12.0 Å². The van der Waals surface area contributed by atoms with Gasteiger partial charge in [-0.1, -0.05) is 0 Å². The first-order chi connectivity index (χ1) is 9.58. The van der Waals surface area contributed by atoms with Gasteiger partial charge in [0.15, 0.2) is 5.78 Å². The monoisotopic (exact) mass is 274 g/mol. The molecule has 0 aliphatic heterocycles. The lowest BCUT2D eigenvalue weighted by Gasteiger charge is -2.41. The smallest absolute Gasteiger partial charge is 0.307 e. The van der Waals surface area contributed by atoms with E-state index >= 15 is 0 Å². The number of fused-ring (bicyclic) bond motifs is 1. The highest BCUT2D eigenvalue weighted by Gasteiger charge is 2.41. The lowest BCUT2D eigenvalue weighted by molar-refractivity contribution is -0.144. The minimum absolute atomic E-state index is 0.0447. The van der Waals surface area contributed by atoms with Crippen LogP contribution in [0.4, 0.5) is 0 Å². The van der Waals surface area contributed by atoms with E-state index in [1.807, 2.05) is 12.1 Å². The normalized spacial score (nSPS) is 19.9.